The second-order valence-electron chi connectivity index (χ2n) is 4.32. The van der Waals surface area contributed by atoms with Crippen LogP contribution >= 0.6 is 0 Å². The minimum Gasteiger partial charge on any atom is -0.481 e. The van der Waals surface area contributed by atoms with Crippen molar-refractivity contribution in [2.75, 3.05) is 0 Å². The average molecular weight is 231 g/mol. The van der Waals surface area contributed by atoms with E-state index in [9.17, 15) is 4.79 Å². The molecular formula is C13H29NO2. The Kier molecular flexibility index (Phi) is 16.1. The van der Waals surface area contributed by atoms with Gasteiger partial charge in [-0.15, -0.1) is 0 Å². The quantitative estimate of drug-likeness (QED) is 0.628. The van der Waals surface area contributed by atoms with Gasteiger partial charge in [-0.1, -0.05) is 46.0 Å². The van der Waals surface area contributed by atoms with Crippen molar-refractivity contribution in [3.63, 3.8) is 0 Å². The summed E-state index contributed by atoms with van der Waals surface area (Å²) >= 11 is 0. The van der Waals surface area contributed by atoms with E-state index in [1.807, 2.05) is 6.92 Å². The van der Waals surface area contributed by atoms with Gasteiger partial charge >= 0.3 is 5.97 Å². The molecule has 1 atom stereocenters. The first-order valence-electron chi connectivity index (χ1n) is 6.51. The number of aliphatic carboxylic acids is 1. The number of carbonyl (C=O) groups is 1. The van der Waals surface area contributed by atoms with Gasteiger partial charge in [0, 0.05) is 12.5 Å². The highest BCUT2D eigenvalue weighted by Gasteiger charge is 1.92. The molecule has 0 aliphatic heterocycles. The molecule has 0 rings (SSSR count). The summed E-state index contributed by atoms with van der Waals surface area (Å²) < 4.78 is 0. The van der Waals surface area contributed by atoms with Gasteiger partial charge in [-0.05, 0) is 19.8 Å². The Balaban J connectivity index is 0. The Hall–Kier alpha value is -0.570. The third kappa shape index (κ3) is 23.3. The molecule has 0 aromatic carbocycles. The highest BCUT2D eigenvalue weighted by molar-refractivity contribution is 5.66. The fourth-order valence-corrected chi connectivity index (χ4v) is 1.22. The van der Waals surface area contributed by atoms with Crippen molar-refractivity contribution < 1.29 is 9.90 Å². The maximum atomic E-state index is 9.76. The zero-order valence-corrected chi connectivity index (χ0v) is 11.2. The number of carboxylic acid groups (broad SMARTS) is 1. The molecule has 0 bridgehead atoms. The van der Waals surface area contributed by atoms with Crippen LogP contribution in [-0.2, 0) is 4.79 Å². The lowest BCUT2D eigenvalue weighted by Crippen LogP contribution is -2.13. The van der Waals surface area contributed by atoms with Crippen LogP contribution in [0.15, 0.2) is 0 Å². The van der Waals surface area contributed by atoms with E-state index in [0.717, 1.165) is 12.8 Å². The first-order chi connectivity index (χ1) is 7.54. The normalized spacial score (nSPS) is 11.5. The third-order valence-electron chi connectivity index (χ3n) is 2.26. The molecule has 0 saturated heterocycles. The first kappa shape index (κ1) is 17.8. The lowest BCUT2D eigenvalue weighted by atomic mass is 10.1. The Labute approximate surface area is 100 Å². The second-order valence-corrected chi connectivity index (χ2v) is 4.32. The van der Waals surface area contributed by atoms with E-state index >= 15 is 0 Å². The minimum absolute atomic E-state index is 0.316. The molecular weight excluding hydrogens is 202 g/mol. The predicted molar refractivity (Wildman–Crippen MR) is 69.6 cm³/mol. The van der Waals surface area contributed by atoms with Gasteiger partial charge in [-0.25, -0.2) is 0 Å². The number of carboxylic acids is 1. The summed E-state index contributed by atoms with van der Waals surface area (Å²) in [5.41, 5.74) is 5.57. The van der Waals surface area contributed by atoms with Gasteiger partial charge < -0.3 is 10.8 Å². The van der Waals surface area contributed by atoms with Crippen LogP contribution in [-0.4, -0.2) is 17.1 Å². The molecule has 0 heterocycles. The smallest absolute Gasteiger partial charge is 0.303 e. The Morgan fingerprint density at radius 2 is 1.69 bits per heavy atom. The molecule has 0 aliphatic rings. The van der Waals surface area contributed by atoms with Gasteiger partial charge in [-0.3, -0.25) is 4.79 Å². The Bertz CT molecular complexity index is 147. The fourth-order valence-electron chi connectivity index (χ4n) is 1.22. The molecule has 0 radical (unpaired) electrons. The average Bonchev–Trinajstić information content (AvgIpc) is 2.22. The first-order valence-corrected chi connectivity index (χ1v) is 6.51. The van der Waals surface area contributed by atoms with E-state index in [1.54, 1.807) is 0 Å². The van der Waals surface area contributed by atoms with Crippen LogP contribution in [0.4, 0.5) is 0 Å². The Morgan fingerprint density at radius 3 is 2.00 bits per heavy atom. The van der Waals surface area contributed by atoms with E-state index in [1.165, 1.54) is 32.1 Å². The predicted octanol–water partition coefficient (Wildman–Crippen LogP) is 3.57. The van der Waals surface area contributed by atoms with E-state index in [2.05, 4.69) is 13.8 Å². The zero-order valence-electron chi connectivity index (χ0n) is 11.2. The molecule has 16 heavy (non-hydrogen) atoms. The summed E-state index contributed by atoms with van der Waals surface area (Å²) in [5, 5.41) is 8.04. The fraction of sp³-hybridized carbons (Fsp3) is 0.923. The molecule has 0 spiro atoms. The van der Waals surface area contributed by atoms with E-state index in [0.29, 0.717) is 12.5 Å². The highest BCUT2D eigenvalue weighted by atomic mass is 16.4. The van der Waals surface area contributed by atoms with Crippen LogP contribution < -0.4 is 5.73 Å². The van der Waals surface area contributed by atoms with Crippen molar-refractivity contribution in [2.24, 2.45) is 5.73 Å². The number of hydrogen-bond donors (Lipinski definition) is 2. The second kappa shape index (κ2) is 14.4. The van der Waals surface area contributed by atoms with Crippen molar-refractivity contribution in [2.45, 2.75) is 78.2 Å². The highest BCUT2D eigenvalue weighted by Crippen LogP contribution is 2.03. The summed E-state index contributed by atoms with van der Waals surface area (Å²) in [6.07, 6.45) is 8.63. The van der Waals surface area contributed by atoms with Gasteiger partial charge in [0.1, 0.15) is 0 Å². The summed E-state index contributed by atoms with van der Waals surface area (Å²) in [6.45, 7) is 6.28. The van der Waals surface area contributed by atoms with Crippen molar-refractivity contribution in [1.82, 2.24) is 0 Å². The Morgan fingerprint density at radius 1 is 1.12 bits per heavy atom. The summed E-state index contributed by atoms with van der Waals surface area (Å²) in [6, 6.07) is 0.404. The number of unbranched alkanes of at least 4 members (excludes halogenated alkanes) is 4. The number of nitrogens with two attached hydrogens (primary N) is 1. The molecule has 3 nitrogen and oxygen atoms in total. The molecule has 3 heteroatoms. The molecule has 0 fully saturated rings. The van der Waals surface area contributed by atoms with Crippen molar-refractivity contribution in [3.05, 3.63) is 0 Å². The monoisotopic (exact) mass is 231 g/mol. The maximum absolute atomic E-state index is 9.76. The number of rotatable bonds is 8. The summed E-state index contributed by atoms with van der Waals surface area (Å²) in [7, 11) is 0. The minimum atomic E-state index is -0.693. The van der Waals surface area contributed by atoms with Gasteiger partial charge in [0.2, 0.25) is 0 Å². The third-order valence-corrected chi connectivity index (χ3v) is 2.26. The van der Waals surface area contributed by atoms with Crippen LogP contribution in [0.2, 0.25) is 0 Å². The van der Waals surface area contributed by atoms with Crippen LogP contribution in [0.25, 0.3) is 0 Å². The molecule has 0 aromatic heterocycles. The molecule has 0 aliphatic carbocycles. The van der Waals surface area contributed by atoms with E-state index in [4.69, 9.17) is 10.8 Å². The topological polar surface area (TPSA) is 63.3 Å². The SMILES string of the molecule is CCCCC(=O)O.CCCCCCC(C)N. The van der Waals surface area contributed by atoms with Gasteiger partial charge in [-0.2, -0.15) is 0 Å². The molecule has 3 N–H and O–H groups in total. The van der Waals surface area contributed by atoms with Crippen LogP contribution in [0.3, 0.4) is 0 Å². The molecule has 0 amide bonds. The summed E-state index contributed by atoms with van der Waals surface area (Å²) in [5.74, 6) is -0.693. The molecule has 0 saturated carbocycles. The lowest BCUT2D eigenvalue weighted by molar-refractivity contribution is -0.137. The molecule has 1 unspecified atom stereocenters. The zero-order chi connectivity index (χ0) is 12.8. The van der Waals surface area contributed by atoms with Crippen LogP contribution in [0.5, 0.6) is 0 Å². The van der Waals surface area contributed by atoms with E-state index < -0.39 is 5.97 Å². The maximum Gasteiger partial charge on any atom is 0.303 e. The van der Waals surface area contributed by atoms with Gasteiger partial charge in [0.05, 0.1) is 0 Å². The number of hydrogen-bond acceptors (Lipinski definition) is 2. The molecule has 0 aromatic rings. The van der Waals surface area contributed by atoms with Crippen molar-refractivity contribution >= 4 is 5.97 Å². The lowest BCUT2D eigenvalue weighted by Gasteiger charge is -2.02. The largest absolute Gasteiger partial charge is 0.481 e. The van der Waals surface area contributed by atoms with Crippen LogP contribution in [0, 0.1) is 0 Å². The van der Waals surface area contributed by atoms with Crippen molar-refractivity contribution in [1.29, 1.82) is 0 Å². The van der Waals surface area contributed by atoms with Crippen LogP contribution in [0.1, 0.15) is 72.1 Å². The van der Waals surface area contributed by atoms with Gasteiger partial charge in [0.25, 0.3) is 0 Å². The van der Waals surface area contributed by atoms with E-state index in [-0.39, 0.29) is 0 Å². The standard InChI is InChI=1S/C8H19N.C5H10O2/c1-3-4-5-6-7-8(2)9;1-2-3-4-5(6)7/h8H,3-7,9H2,1-2H3;2-4H2,1H3,(H,6,7). The van der Waals surface area contributed by atoms with Crippen molar-refractivity contribution in [3.8, 4) is 0 Å². The van der Waals surface area contributed by atoms with Gasteiger partial charge in [0.15, 0.2) is 0 Å². The molecule has 98 valence electrons. The summed E-state index contributed by atoms with van der Waals surface area (Å²) in [4.78, 5) is 9.76.